The molecule has 2 N–H and O–H groups in total. The van der Waals surface area contributed by atoms with Crippen LogP contribution in [0.5, 0.6) is 0 Å². The van der Waals surface area contributed by atoms with E-state index in [4.69, 9.17) is 0 Å². The molecule has 1 aliphatic heterocycles. The molecule has 0 saturated heterocycles. The van der Waals surface area contributed by atoms with Crippen molar-refractivity contribution in [3.8, 4) is 0 Å². The zero-order valence-electron chi connectivity index (χ0n) is 19.9. The van der Waals surface area contributed by atoms with Crippen molar-refractivity contribution >= 4 is 23.3 Å². The average Bonchev–Trinajstić information content (AvgIpc) is 2.75. The molecule has 1 aliphatic rings. The molecule has 0 spiro atoms. The molecular formula is C22H25F6N7O. The molecule has 0 aliphatic carbocycles. The van der Waals surface area contributed by atoms with Gasteiger partial charge in [0, 0.05) is 25.0 Å². The van der Waals surface area contributed by atoms with Crippen LogP contribution in [0.15, 0.2) is 35.5 Å². The fraction of sp³-hybridized carbons (Fsp3) is 0.500. The van der Waals surface area contributed by atoms with Crippen LogP contribution in [-0.4, -0.2) is 61.2 Å². The zero-order valence-corrected chi connectivity index (χ0v) is 19.9. The summed E-state index contributed by atoms with van der Waals surface area (Å²) < 4.78 is 80.1. The Morgan fingerprint density at radius 2 is 1.81 bits per heavy atom. The Morgan fingerprint density at radius 3 is 2.39 bits per heavy atom. The maximum atomic E-state index is 13.6. The molecule has 0 amide bonds. The highest BCUT2D eigenvalue weighted by molar-refractivity contribution is 6.07. The predicted molar refractivity (Wildman–Crippen MR) is 121 cm³/mol. The van der Waals surface area contributed by atoms with Gasteiger partial charge in [-0.25, -0.2) is 0 Å². The van der Waals surface area contributed by atoms with Crippen molar-refractivity contribution in [2.75, 3.05) is 23.3 Å². The lowest BCUT2D eigenvalue weighted by atomic mass is 9.94. The van der Waals surface area contributed by atoms with Gasteiger partial charge in [-0.15, -0.1) is 0 Å². The van der Waals surface area contributed by atoms with Crippen molar-refractivity contribution in [3.63, 3.8) is 0 Å². The molecule has 0 bridgehead atoms. The number of hydrogen-bond donors (Lipinski definition) is 2. The lowest BCUT2D eigenvalue weighted by molar-refractivity contribution is -0.178. The van der Waals surface area contributed by atoms with E-state index in [1.165, 1.54) is 18.2 Å². The molecule has 0 aromatic carbocycles. The summed E-state index contributed by atoms with van der Waals surface area (Å²) in [6.45, 7) is 6.16. The van der Waals surface area contributed by atoms with Gasteiger partial charge < -0.3 is 15.3 Å². The first-order valence-corrected chi connectivity index (χ1v) is 10.9. The third kappa shape index (κ3) is 6.47. The van der Waals surface area contributed by atoms with Crippen LogP contribution in [0.1, 0.15) is 45.6 Å². The Labute approximate surface area is 203 Å². The molecule has 3 heterocycles. The number of aromatic nitrogens is 4. The number of likely N-dealkylation sites (N-methyl/N-ethyl adjacent to an activating group) is 1. The van der Waals surface area contributed by atoms with Crippen LogP contribution in [0.25, 0.3) is 0 Å². The normalized spacial score (nSPS) is 18.7. The van der Waals surface area contributed by atoms with Crippen LogP contribution in [-0.2, 0) is 6.18 Å². The summed E-state index contributed by atoms with van der Waals surface area (Å²) >= 11 is 0. The topological polar surface area (TPSA) is 99.4 Å². The minimum Gasteiger partial charge on any atom is -0.389 e. The van der Waals surface area contributed by atoms with E-state index in [0.717, 1.165) is 19.2 Å². The summed E-state index contributed by atoms with van der Waals surface area (Å²) in [7, 11) is 0. The lowest BCUT2D eigenvalue weighted by Gasteiger charge is -2.30. The van der Waals surface area contributed by atoms with Crippen LogP contribution >= 0.6 is 0 Å². The number of rotatable bonds is 7. The summed E-state index contributed by atoms with van der Waals surface area (Å²) in [5, 5.41) is 12.9. The van der Waals surface area contributed by atoms with Gasteiger partial charge >= 0.3 is 12.4 Å². The number of alkyl halides is 6. The number of pyridine rings is 1. The first-order chi connectivity index (χ1) is 16.5. The Balaban J connectivity index is 2.11. The van der Waals surface area contributed by atoms with Crippen LogP contribution in [0.2, 0.25) is 0 Å². The third-order valence-electron chi connectivity index (χ3n) is 5.17. The van der Waals surface area contributed by atoms with Crippen molar-refractivity contribution in [1.29, 1.82) is 0 Å². The third-order valence-corrected chi connectivity index (χ3v) is 5.17. The molecule has 196 valence electrons. The van der Waals surface area contributed by atoms with E-state index in [1.807, 2.05) is 0 Å². The van der Waals surface area contributed by atoms with E-state index in [2.05, 4.69) is 30.2 Å². The second-order valence-electron chi connectivity index (χ2n) is 9.04. The number of halogens is 6. The first kappa shape index (κ1) is 27.3. The van der Waals surface area contributed by atoms with Gasteiger partial charge in [-0.3, -0.25) is 9.98 Å². The lowest BCUT2D eigenvalue weighted by Crippen LogP contribution is -2.42. The van der Waals surface area contributed by atoms with E-state index in [9.17, 15) is 31.4 Å². The predicted octanol–water partition coefficient (Wildman–Crippen LogP) is 4.70. The van der Waals surface area contributed by atoms with E-state index in [1.54, 1.807) is 25.7 Å². The molecule has 3 rings (SSSR count). The Kier molecular flexibility index (Phi) is 7.31. The van der Waals surface area contributed by atoms with Gasteiger partial charge in [0.05, 0.1) is 5.60 Å². The van der Waals surface area contributed by atoms with Gasteiger partial charge in [-0.1, -0.05) is 6.08 Å². The molecule has 36 heavy (non-hydrogen) atoms. The number of aliphatic imine (C=N–C) groups is 1. The number of nitrogens with one attached hydrogen (secondary N) is 1. The molecule has 14 heteroatoms. The standard InChI is InChI=1S/C22H25F6N7O/c1-5-35(12-19(2,3)36)18-32-16(14-7-6-9-20(4,34-14)22(26,27)28)31-17(33-18)30-13-8-10-29-15(11-13)21(23,24)25/h6-8,10-11,36H,5,9,12H2,1-4H3,(H,29,30,31,32,33). The Morgan fingerprint density at radius 1 is 1.11 bits per heavy atom. The number of anilines is 3. The summed E-state index contributed by atoms with van der Waals surface area (Å²) in [6.07, 6.45) is -6.11. The van der Waals surface area contributed by atoms with Crippen LogP contribution in [0, 0.1) is 0 Å². The van der Waals surface area contributed by atoms with Crippen molar-refractivity contribution in [1.82, 2.24) is 19.9 Å². The maximum absolute atomic E-state index is 13.6. The quantitative estimate of drug-likeness (QED) is 0.514. The molecule has 1 atom stereocenters. The summed E-state index contributed by atoms with van der Waals surface area (Å²) in [6, 6.07) is 2.00. The summed E-state index contributed by atoms with van der Waals surface area (Å²) in [4.78, 5) is 21.3. The largest absolute Gasteiger partial charge is 0.433 e. The van der Waals surface area contributed by atoms with E-state index in [0.29, 0.717) is 6.54 Å². The van der Waals surface area contributed by atoms with Gasteiger partial charge in [0.15, 0.2) is 11.4 Å². The first-order valence-electron chi connectivity index (χ1n) is 10.9. The molecule has 0 radical (unpaired) electrons. The summed E-state index contributed by atoms with van der Waals surface area (Å²) in [5.74, 6) is -0.445. The minimum atomic E-state index is -4.69. The van der Waals surface area contributed by atoms with E-state index < -0.39 is 29.2 Å². The highest BCUT2D eigenvalue weighted by Crippen LogP contribution is 2.38. The van der Waals surface area contributed by atoms with Gasteiger partial charge in [0.25, 0.3) is 0 Å². The molecule has 2 aromatic heterocycles. The fourth-order valence-corrected chi connectivity index (χ4v) is 3.31. The fourth-order valence-electron chi connectivity index (χ4n) is 3.31. The molecule has 0 fully saturated rings. The molecular weight excluding hydrogens is 492 g/mol. The highest BCUT2D eigenvalue weighted by atomic mass is 19.4. The smallest absolute Gasteiger partial charge is 0.389 e. The average molecular weight is 517 g/mol. The van der Waals surface area contributed by atoms with Crippen LogP contribution in [0.4, 0.5) is 43.9 Å². The number of hydrogen-bond acceptors (Lipinski definition) is 8. The number of nitrogens with zero attached hydrogens (tertiary/aromatic N) is 6. The Bertz CT molecular complexity index is 1160. The second-order valence-corrected chi connectivity index (χ2v) is 9.04. The second kappa shape index (κ2) is 9.64. The number of aliphatic hydroxyl groups is 1. The van der Waals surface area contributed by atoms with Crippen LogP contribution < -0.4 is 10.2 Å². The number of dihydropyridines is 1. The van der Waals surface area contributed by atoms with Gasteiger partial charge in [-0.05, 0) is 52.3 Å². The van der Waals surface area contributed by atoms with Crippen molar-refractivity contribution < 1.29 is 31.4 Å². The molecule has 8 nitrogen and oxygen atoms in total. The van der Waals surface area contributed by atoms with E-state index >= 15 is 0 Å². The van der Waals surface area contributed by atoms with Gasteiger partial charge in [-0.2, -0.15) is 41.3 Å². The molecule has 1 unspecified atom stereocenters. The van der Waals surface area contributed by atoms with Crippen molar-refractivity contribution in [2.45, 2.75) is 57.6 Å². The van der Waals surface area contributed by atoms with Gasteiger partial charge in [0.1, 0.15) is 11.4 Å². The summed E-state index contributed by atoms with van der Waals surface area (Å²) in [5.41, 5.74) is -4.95. The van der Waals surface area contributed by atoms with Crippen LogP contribution in [0.3, 0.4) is 0 Å². The van der Waals surface area contributed by atoms with Crippen molar-refractivity contribution in [2.24, 2.45) is 4.99 Å². The SMILES string of the molecule is CCN(CC(C)(C)O)c1nc(Nc2ccnc(C(F)(F)F)c2)nc(C2=NC(C)(C(F)(F)F)CC=C2)n1. The Hall–Kier alpha value is -3.29. The minimum absolute atomic E-state index is 0.00684. The molecule has 0 saturated carbocycles. The maximum Gasteiger partial charge on any atom is 0.433 e. The number of allylic oxidation sites excluding steroid dienone is 1. The zero-order chi connectivity index (χ0) is 26.9. The van der Waals surface area contributed by atoms with E-state index in [-0.39, 0.29) is 42.1 Å². The van der Waals surface area contributed by atoms with Gasteiger partial charge in [0.2, 0.25) is 11.9 Å². The molecule has 2 aromatic rings. The monoisotopic (exact) mass is 517 g/mol. The highest BCUT2D eigenvalue weighted by Gasteiger charge is 2.51. The van der Waals surface area contributed by atoms with Crippen molar-refractivity contribution in [3.05, 3.63) is 42.0 Å².